The molecule has 0 amide bonds. The first-order valence-electron chi connectivity index (χ1n) is 7.31. The molecule has 0 radical (unpaired) electrons. The van der Waals surface area contributed by atoms with E-state index in [0.717, 1.165) is 43.4 Å². The zero-order valence-electron chi connectivity index (χ0n) is 11.9. The molecule has 1 N–H and O–H groups in total. The molecule has 0 unspecified atom stereocenters. The fourth-order valence-electron chi connectivity index (χ4n) is 2.65. The third-order valence-corrected chi connectivity index (χ3v) is 4.05. The van der Waals surface area contributed by atoms with Gasteiger partial charge in [-0.25, -0.2) is 9.97 Å². The number of rotatable bonds is 4. The van der Waals surface area contributed by atoms with Crippen LogP contribution in [0.3, 0.4) is 0 Å². The predicted octanol–water partition coefficient (Wildman–Crippen LogP) is 2.89. The minimum absolute atomic E-state index is 0.545. The van der Waals surface area contributed by atoms with Gasteiger partial charge >= 0.3 is 0 Å². The summed E-state index contributed by atoms with van der Waals surface area (Å²) in [6.45, 7) is 2.86. The van der Waals surface area contributed by atoms with Gasteiger partial charge in [-0.05, 0) is 36.6 Å². The Hall–Kier alpha value is -1.65. The molecule has 0 bridgehead atoms. The lowest BCUT2D eigenvalue weighted by atomic mass is 10.0. The Morgan fingerprint density at radius 2 is 1.90 bits per heavy atom. The van der Waals surface area contributed by atoms with Crippen LogP contribution < -0.4 is 10.2 Å². The van der Waals surface area contributed by atoms with Gasteiger partial charge in [-0.15, -0.1) is 0 Å². The van der Waals surface area contributed by atoms with Crippen LogP contribution in [-0.4, -0.2) is 29.1 Å². The van der Waals surface area contributed by atoms with E-state index < -0.39 is 0 Å². The molecule has 1 aliphatic heterocycles. The Morgan fingerprint density at radius 3 is 2.62 bits per heavy atom. The average Bonchev–Trinajstić information content (AvgIpc) is 2.54. The Bertz CT molecular complexity index is 567. The van der Waals surface area contributed by atoms with E-state index in [4.69, 9.17) is 11.6 Å². The van der Waals surface area contributed by atoms with E-state index >= 15 is 0 Å². The van der Waals surface area contributed by atoms with Crippen LogP contribution in [0, 0.1) is 0 Å². The zero-order chi connectivity index (χ0) is 14.5. The van der Waals surface area contributed by atoms with Gasteiger partial charge in [-0.2, -0.15) is 0 Å². The molecule has 4 nitrogen and oxygen atoms in total. The van der Waals surface area contributed by atoms with Crippen molar-refractivity contribution in [1.29, 1.82) is 0 Å². The molecule has 0 atom stereocenters. The van der Waals surface area contributed by atoms with Gasteiger partial charge in [0.05, 0.1) is 0 Å². The van der Waals surface area contributed by atoms with Crippen LogP contribution >= 0.6 is 11.6 Å². The Kier molecular flexibility index (Phi) is 4.68. The van der Waals surface area contributed by atoms with Gasteiger partial charge in [0.2, 0.25) is 5.95 Å². The SMILES string of the molecule is Clc1cccc(CNC2CCN(c3ncccn3)CC2)c1. The molecular formula is C16H19ClN4. The molecule has 3 rings (SSSR count). The number of aromatic nitrogens is 2. The van der Waals surface area contributed by atoms with E-state index in [1.807, 2.05) is 24.3 Å². The van der Waals surface area contributed by atoms with Crippen LogP contribution in [-0.2, 0) is 6.54 Å². The van der Waals surface area contributed by atoms with Crippen molar-refractivity contribution in [3.63, 3.8) is 0 Å². The minimum Gasteiger partial charge on any atom is -0.341 e. The predicted molar refractivity (Wildman–Crippen MR) is 85.6 cm³/mol. The van der Waals surface area contributed by atoms with E-state index in [1.54, 1.807) is 12.4 Å². The highest BCUT2D eigenvalue weighted by molar-refractivity contribution is 6.30. The summed E-state index contributed by atoms with van der Waals surface area (Å²) < 4.78 is 0. The number of halogens is 1. The molecule has 2 heterocycles. The summed E-state index contributed by atoms with van der Waals surface area (Å²) in [5.74, 6) is 0.839. The molecule has 1 aliphatic rings. The topological polar surface area (TPSA) is 41.0 Å². The lowest BCUT2D eigenvalue weighted by Gasteiger charge is -2.32. The summed E-state index contributed by atoms with van der Waals surface area (Å²) in [5.41, 5.74) is 1.23. The van der Waals surface area contributed by atoms with Crippen molar-refractivity contribution < 1.29 is 0 Å². The number of anilines is 1. The van der Waals surface area contributed by atoms with Gasteiger partial charge in [0.25, 0.3) is 0 Å². The number of piperidine rings is 1. The van der Waals surface area contributed by atoms with Crippen molar-refractivity contribution in [3.05, 3.63) is 53.3 Å². The highest BCUT2D eigenvalue weighted by Crippen LogP contribution is 2.16. The van der Waals surface area contributed by atoms with Crippen LogP contribution in [0.2, 0.25) is 5.02 Å². The van der Waals surface area contributed by atoms with Crippen molar-refractivity contribution in [3.8, 4) is 0 Å². The van der Waals surface area contributed by atoms with E-state index in [-0.39, 0.29) is 0 Å². The van der Waals surface area contributed by atoms with Gasteiger partial charge in [-0.3, -0.25) is 0 Å². The van der Waals surface area contributed by atoms with Crippen LogP contribution in [0.1, 0.15) is 18.4 Å². The van der Waals surface area contributed by atoms with Gasteiger partial charge in [0.1, 0.15) is 0 Å². The highest BCUT2D eigenvalue weighted by Gasteiger charge is 2.20. The molecule has 0 spiro atoms. The summed E-state index contributed by atoms with van der Waals surface area (Å²) in [5, 5.41) is 4.41. The van der Waals surface area contributed by atoms with Crippen LogP contribution in [0.4, 0.5) is 5.95 Å². The smallest absolute Gasteiger partial charge is 0.225 e. The molecule has 1 fully saturated rings. The lowest BCUT2D eigenvalue weighted by Crippen LogP contribution is -2.42. The zero-order valence-corrected chi connectivity index (χ0v) is 12.6. The second-order valence-corrected chi connectivity index (χ2v) is 5.76. The van der Waals surface area contributed by atoms with Crippen LogP contribution in [0.15, 0.2) is 42.7 Å². The normalized spacial score (nSPS) is 16.1. The number of nitrogens with zero attached hydrogens (tertiary/aromatic N) is 3. The summed E-state index contributed by atoms with van der Waals surface area (Å²) >= 11 is 6.00. The number of hydrogen-bond acceptors (Lipinski definition) is 4. The monoisotopic (exact) mass is 302 g/mol. The van der Waals surface area contributed by atoms with E-state index in [9.17, 15) is 0 Å². The van der Waals surface area contributed by atoms with Gasteiger partial charge in [0, 0.05) is 43.1 Å². The highest BCUT2D eigenvalue weighted by atomic mass is 35.5. The third-order valence-electron chi connectivity index (χ3n) is 3.81. The molecule has 5 heteroatoms. The second kappa shape index (κ2) is 6.87. The summed E-state index contributed by atoms with van der Waals surface area (Å²) in [6.07, 6.45) is 5.81. The number of hydrogen-bond donors (Lipinski definition) is 1. The standard InChI is InChI=1S/C16H19ClN4/c17-14-4-1-3-13(11-14)12-20-15-5-9-21(10-6-15)16-18-7-2-8-19-16/h1-4,7-8,11,15,20H,5-6,9-10,12H2. The van der Waals surface area contributed by atoms with Crippen LogP contribution in [0.5, 0.6) is 0 Å². The molecule has 1 aromatic heterocycles. The maximum atomic E-state index is 6.00. The third kappa shape index (κ3) is 3.93. The minimum atomic E-state index is 0.545. The fraction of sp³-hybridized carbons (Fsp3) is 0.375. The Balaban J connectivity index is 1.48. The summed E-state index contributed by atoms with van der Waals surface area (Å²) in [4.78, 5) is 10.9. The Morgan fingerprint density at radius 1 is 1.14 bits per heavy atom. The maximum absolute atomic E-state index is 6.00. The molecule has 110 valence electrons. The van der Waals surface area contributed by atoms with Crippen molar-refractivity contribution in [2.24, 2.45) is 0 Å². The first-order chi connectivity index (χ1) is 10.3. The Labute approximate surface area is 130 Å². The van der Waals surface area contributed by atoms with E-state index in [1.165, 1.54) is 5.56 Å². The van der Waals surface area contributed by atoms with Gasteiger partial charge < -0.3 is 10.2 Å². The maximum Gasteiger partial charge on any atom is 0.225 e. The second-order valence-electron chi connectivity index (χ2n) is 5.32. The fourth-order valence-corrected chi connectivity index (χ4v) is 2.86. The average molecular weight is 303 g/mol. The van der Waals surface area contributed by atoms with Gasteiger partial charge in [0.15, 0.2) is 0 Å². The quantitative estimate of drug-likeness (QED) is 0.943. The summed E-state index contributed by atoms with van der Waals surface area (Å²) in [7, 11) is 0. The molecule has 1 saturated heterocycles. The lowest BCUT2D eigenvalue weighted by molar-refractivity contribution is 0.411. The molecule has 0 saturated carbocycles. The molecule has 21 heavy (non-hydrogen) atoms. The van der Waals surface area contributed by atoms with Crippen molar-refractivity contribution in [2.75, 3.05) is 18.0 Å². The largest absolute Gasteiger partial charge is 0.341 e. The van der Waals surface area contributed by atoms with E-state index in [2.05, 4.69) is 26.3 Å². The molecular weight excluding hydrogens is 284 g/mol. The number of nitrogens with one attached hydrogen (secondary N) is 1. The molecule has 1 aromatic carbocycles. The van der Waals surface area contributed by atoms with Crippen molar-refractivity contribution in [2.45, 2.75) is 25.4 Å². The van der Waals surface area contributed by atoms with Crippen molar-refractivity contribution >= 4 is 17.5 Å². The first-order valence-corrected chi connectivity index (χ1v) is 7.69. The number of benzene rings is 1. The summed E-state index contributed by atoms with van der Waals surface area (Å²) in [6, 6.07) is 10.4. The van der Waals surface area contributed by atoms with Crippen molar-refractivity contribution in [1.82, 2.24) is 15.3 Å². The molecule has 0 aliphatic carbocycles. The van der Waals surface area contributed by atoms with E-state index in [0.29, 0.717) is 6.04 Å². The first kappa shape index (κ1) is 14.3. The van der Waals surface area contributed by atoms with Crippen LogP contribution in [0.25, 0.3) is 0 Å². The van der Waals surface area contributed by atoms with Gasteiger partial charge in [-0.1, -0.05) is 23.7 Å². The molecule has 2 aromatic rings.